The number of hydrogen-bond acceptors (Lipinski definition) is 3. The molecule has 0 spiro atoms. The van der Waals surface area contributed by atoms with Crippen LogP contribution in [0.5, 0.6) is 0 Å². The summed E-state index contributed by atoms with van der Waals surface area (Å²) in [6.07, 6.45) is 5.52. The Morgan fingerprint density at radius 1 is 1.40 bits per heavy atom. The molecule has 0 unspecified atom stereocenters. The lowest BCUT2D eigenvalue weighted by Gasteiger charge is -2.24. The summed E-state index contributed by atoms with van der Waals surface area (Å²) in [5, 5.41) is 11.0. The van der Waals surface area contributed by atoms with Gasteiger partial charge in [0, 0.05) is 32.7 Å². The van der Waals surface area contributed by atoms with Crippen molar-refractivity contribution in [2.45, 2.75) is 38.3 Å². The Balaban J connectivity index is 1.63. The van der Waals surface area contributed by atoms with Gasteiger partial charge in [0.25, 0.3) is 0 Å². The summed E-state index contributed by atoms with van der Waals surface area (Å²) in [5.74, 6) is 0.885. The van der Waals surface area contributed by atoms with Gasteiger partial charge in [0.05, 0.1) is 0 Å². The summed E-state index contributed by atoms with van der Waals surface area (Å²) in [7, 11) is 4.06. The zero-order valence-electron chi connectivity index (χ0n) is 12.6. The number of guanidine groups is 1. The molecule has 0 saturated heterocycles. The molecule has 5 heteroatoms. The molecule has 0 radical (unpaired) electrons. The van der Waals surface area contributed by atoms with E-state index in [0.29, 0.717) is 0 Å². The molecule has 1 aliphatic rings. The lowest BCUT2D eigenvalue weighted by Crippen LogP contribution is -2.42. The SMILES string of the molecule is CN=C(NCCN(C)C1CCCC1)NCc1ccsc1. The van der Waals surface area contributed by atoms with E-state index >= 15 is 0 Å². The summed E-state index contributed by atoms with van der Waals surface area (Å²) in [6.45, 7) is 2.85. The van der Waals surface area contributed by atoms with Crippen LogP contribution >= 0.6 is 11.3 Å². The van der Waals surface area contributed by atoms with Crippen molar-refractivity contribution < 1.29 is 0 Å². The minimum absolute atomic E-state index is 0.789. The van der Waals surface area contributed by atoms with Crippen molar-refractivity contribution in [3.05, 3.63) is 22.4 Å². The van der Waals surface area contributed by atoms with Crippen molar-refractivity contribution in [3.63, 3.8) is 0 Å². The van der Waals surface area contributed by atoms with Crippen LogP contribution in [-0.4, -0.2) is 44.1 Å². The summed E-state index contributed by atoms with van der Waals surface area (Å²) >= 11 is 1.73. The summed E-state index contributed by atoms with van der Waals surface area (Å²) in [4.78, 5) is 6.74. The van der Waals surface area contributed by atoms with E-state index in [-0.39, 0.29) is 0 Å². The first-order valence-electron chi connectivity index (χ1n) is 7.45. The van der Waals surface area contributed by atoms with Crippen molar-refractivity contribution in [1.29, 1.82) is 0 Å². The monoisotopic (exact) mass is 294 g/mol. The van der Waals surface area contributed by atoms with Gasteiger partial charge >= 0.3 is 0 Å². The van der Waals surface area contributed by atoms with Gasteiger partial charge in [0.1, 0.15) is 0 Å². The quantitative estimate of drug-likeness (QED) is 0.625. The Hall–Kier alpha value is -1.07. The maximum absolute atomic E-state index is 4.26. The van der Waals surface area contributed by atoms with E-state index in [2.05, 4.69) is 44.4 Å². The van der Waals surface area contributed by atoms with Crippen molar-refractivity contribution in [2.75, 3.05) is 27.2 Å². The Labute approximate surface area is 126 Å². The number of hydrogen-bond donors (Lipinski definition) is 2. The van der Waals surface area contributed by atoms with Crippen molar-refractivity contribution in [2.24, 2.45) is 4.99 Å². The third kappa shape index (κ3) is 4.80. The molecule has 1 aromatic heterocycles. The summed E-state index contributed by atoms with van der Waals surface area (Å²) in [6, 6.07) is 2.93. The predicted molar refractivity (Wildman–Crippen MR) is 87.4 cm³/mol. The highest BCUT2D eigenvalue weighted by Crippen LogP contribution is 2.21. The molecule has 2 N–H and O–H groups in total. The first-order chi connectivity index (χ1) is 9.79. The average Bonchev–Trinajstić information content (AvgIpc) is 3.14. The fraction of sp³-hybridized carbons (Fsp3) is 0.667. The zero-order chi connectivity index (χ0) is 14.2. The maximum atomic E-state index is 4.26. The van der Waals surface area contributed by atoms with Gasteiger partial charge in [0.2, 0.25) is 0 Å². The number of likely N-dealkylation sites (N-methyl/N-ethyl adjacent to an activating group) is 1. The normalized spacial score (nSPS) is 16.9. The molecule has 1 fully saturated rings. The third-order valence-corrected chi connectivity index (χ3v) is 4.70. The minimum Gasteiger partial charge on any atom is -0.355 e. The van der Waals surface area contributed by atoms with Crippen LogP contribution in [0.25, 0.3) is 0 Å². The fourth-order valence-corrected chi connectivity index (χ4v) is 3.35. The smallest absolute Gasteiger partial charge is 0.191 e. The average molecular weight is 294 g/mol. The van der Waals surface area contributed by atoms with E-state index in [1.165, 1.54) is 31.2 Å². The topological polar surface area (TPSA) is 39.7 Å². The van der Waals surface area contributed by atoms with Crippen LogP contribution in [-0.2, 0) is 6.54 Å². The fourth-order valence-electron chi connectivity index (χ4n) is 2.68. The molecular weight excluding hydrogens is 268 g/mol. The number of nitrogens with one attached hydrogen (secondary N) is 2. The molecule has 112 valence electrons. The molecule has 1 saturated carbocycles. The molecule has 1 heterocycles. The van der Waals surface area contributed by atoms with E-state index < -0.39 is 0 Å². The second-order valence-electron chi connectivity index (χ2n) is 5.40. The van der Waals surface area contributed by atoms with Gasteiger partial charge in [-0.05, 0) is 42.3 Å². The molecular formula is C15H26N4S. The molecule has 0 bridgehead atoms. The second kappa shape index (κ2) is 8.27. The number of thiophene rings is 1. The minimum atomic E-state index is 0.789. The van der Waals surface area contributed by atoms with E-state index in [0.717, 1.165) is 31.6 Å². The van der Waals surface area contributed by atoms with Crippen LogP contribution < -0.4 is 10.6 Å². The Morgan fingerprint density at radius 2 is 2.20 bits per heavy atom. The van der Waals surface area contributed by atoms with Gasteiger partial charge in [-0.15, -0.1) is 0 Å². The molecule has 1 aliphatic carbocycles. The van der Waals surface area contributed by atoms with Crippen molar-refractivity contribution in [3.8, 4) is 0 Å². The molecule has 20 heavy (non-hydrogen) atoms. The molecule has 1 aromatic rings. The first-order valence-corrected chi connectivity index (χ1v) is 8.39. The van der Waals surface area contributed by atoms with Crippen LogP contribution in [0.15, 0.2) is 21.8 Å². The molecule has 0 aromatic carbocycles. The lowest BCUT2D eigenvalue weighted by molar-refractivity contribution is 0.249. The van der Waals surface area contributed by atoms with E-state index in [9.17, 15) is 0 Å². The third-order valence-electron chi connectivity index (χ3n) is 3.97. The standard InChI is InChI=1S/C15H26N4S/c1-16-15(18-11-13-7-10-20-12-13)17-8-9-19(2)14-5-3-4-6-14/h7,10,12,14H,3-6,8-9,11H2,1-2H3,(H2,16,17,18). The van der Waals surface area contributed by atoms with Gasteiger partial charge < -0.3 is 15.5 Å². The maximum Gasteiger partial charge on any atom is 0.191 e. The first kappa shape index (κ1) is 15.3. The highest BCUT2D eigenvalue weighted by atomic mass is 32.1. The van der Waals surface area contributed by atoms with Crippen molar-refractivity contribution in [1.82, 2.24) is 15.5 Å². The Kier molecular flexibility index (Phi) is 6.33. The predicted octanol–water partition coefficient (Wildman–Crippen LogP) is 2.29. The van der Waals surface area contributed by atoms with Crippen molar-refractivity contribution >= 4 is 17.3 Å². The van der Waals surface area contributed by atoms with Crippen LogP contribution in [0.3, 0.4) is 0 Å². The van der Waals surface area contributed by atoms with Crippen LogP contribution in [0.4, 0.5) is 0 Å². The van der Waals surface area contributed by atoms with E-state index in [4.69, 9.17) is 0 Å². The van der Waals surface area contributed by atoms with Crippen LogP contribution in [0.2, 0.25) is 0 Å². The molecule has 0 atom stereocenters. The highest BCUT2D eigenvalue weighted by Gasteiger charge is 2.18. The van der Waals surface area contributed by atoms with E-state index in [1.54, 1.807) is 11.3 Å². The summed E-state index contributed by atoms with van der Waals surface area (Å²) in [5.41, 5.74) is 1.31. The van der Waals surface area contributed by atoms with Gasteiger partial charge in [-0.3, -0.25) is 4.99 Å². The van der Waals surface area contributed by atoms with Gasteiger partial charge in [0.15, 0.2) is 5.96 Å². The van der Waals surface area contributed by atoms with Gasteiger partial charge in [-0.2, -0.15) is 11.3 Å². The Bertz CT molecular complexity index is 396. The van der Waals surface area contributed by atoms with Crippen LogP contribution in [0, 0.1) is 0 Å². The summed E-state index contributed by atoms with van der Waals surface area (Å²) < 4.78 is 0. The number of aliphatic imine (C=N–C) groups is 1. The molecule has 4 nitrogen and oxygen atoms in total. The Morgan fingerprint density at radius 3 is 2.85 bits per heavy atom. The zero-order valence-corrected chi connectivity index (χ0v) is 13.4. The second-order valence-corrected chi connectivity index (χ2v) is 6.18. The largest absolute Gasteiger partial charge is 0.355 e. The number of rotatable bonds is 6. The van der Waals surface area contributed by atoms with Gasteiger partial charge in [-0.1, -0.05) is 12.8 Å². The van der Waals surface area contributed by atoms with E-state index in [1.807, 2.05) is 7.05 Å². The molecule has 0 amide bonds. The lowest BCUT2D eigenvalue weighted by atomic mass is 10.2. The molecule has 2 rings (SSSR count). The van der Waals surface area contributed by atoms with Crippen LogP contribution in [0.1, 0.15) is 31.2 Å². The molecule has 0 aliphatic heterocycles. The van der Waals surface area contributed by atoms with Gasteiger partial charge in [-0.25, -0.2) is 0 Å². The highest BCUT2D eigenvalue weighted by molar-refractivity contribution is 7.07. The number of nitrogens with zero attached hydrogens (tertiary/aromatic N) is 2.